The fourth-order valence-corrected chi connectivity index (χ4v) is 4.40. The summed E-state index contributed by atoms with van der Waals surface area (Å²) in [4.78, 5) is 16.1. The lowest BCUT2D eigenvalue weighted by molar-refractivity contribution is -0.110. The Morgan fingerprint density at radius 1 is 1.07 bits per heavy atom. The summed E-state index contributed by atoms with van der Waals surface area (Å²) in [7, 11) is -3.69. The lowest BCUT2D eigenvalue weighted by atomic mass is 10.1. The van der Waals surface area contributed by atoms with Crippen molar-refractivity contribution in [2.75, 3.05) is 15.4 Å². The highest BCUT2D eigenvalue weighted by Crippen LogP contribution is 2.31. The Morgan fingerprint density at radius 2 is 1.85 bits per heavy atom. The molecule has 0 fully saturated rings. The Hall–Kier alpha value is -3.17. The molecule has 1 aliphatic heterocycles. The minimum absolute atomic E-state index is 0.125. The van der Waals surface area contributed by atoms with Gasteiger partial charge < -0.3 is 10.6 Å². The number of anilines is 3. The lowest BCUT2D eigenvalue weighted by Crippen LogP contribution is -2.12. The predicted molar refractivity (Wildman–Crippen MR) is 106 cm³/mol. The average molecular weight is 398 g/mol. The molecule has 0 atom stereocenters. The van der Waals surface area contributed by atoms with E-state index in [9.17, 15) is 13.2 Å². The predicted octanol–water partition coefficient (Wildman–Crippen LogP) is 3.35. The molecule has 0 saturated heterocycles. The first-order valence-corrected chi connectivity index (χ1v) is 10.3. The molecular formula is C18H14N4O3S2. The van der Waals surface area contributed by atoms with Crippen molar-refractivity contribution in [3.05, 3.63) is 71.9 Å². The zero-order valence-electron chi connectivity index (χ0n) is 13.8. The fraction of sp³-hybridized carbons (Fsp3) is 0. The molecule has 0 bridgehead atoms. The molecule has 3 N–H and O–H groups in total. The van der Waals surface area contributed by atoms with Crippen molar-refractivity contribution in [2.24, 2.45) is 0 Å². The molecule has 1 aliphatic rings. The Morgan fingerprint density at radius 3 is 2.59 bits per heavy atom. The number of hydrogen-bond donors (Lipinski definition) is 3. The van der Waals surface area contributed by atoms with E-state index in [1.54, 1.807) is 23.7 Å². The van der Waals surface area contributed by atoms with Gasteiger partial charge in [0.25, 0.3) is 15.9 Å². The van der Waals surface area contributed by atoms with Gasteiger partial charge in [0.2, 0.25) is 0 Å². The van der Waals surface area contributed by atoms with E-state index in [-0.39, 0.29) is 10.8 Å². The van der Waals surface area contributed by atoms with Crippen molar-refractivity contribution >= 4 is 49.3 Å². The molecule has 9 heteroatoms. The smallest absolute Gasteiger partial charge is 0.263 e. The number of hydrogen-bond acceptors (Lipinski definition) is 6. The number of fused-ring (bicyclic) bond motifs is 1. The number of carbonyl (C=O) groups excluding carboxylic acids is 1. The summed E-state index contributed by atoms with van der Waals surface area (Å²) in [5.41, 5.74) is 2.77. The highest BCUT2D eigenvalue weighted by molar-refractivity contribution is 7.93. The molecule has 4 rings (SSSR count). The van der Waals surface area contributed by atoms with Gasteiger partial charge in [0.05, 0.1) is 10.5 Å². The maximum atomic E-state index is 12.3. The summed E-state index contributed by atoms with van der Waals surface area (Å²) in [6, 6.07) is 13.7. The van der Waals surface area contributed by atoms with E-state index in [0.717, 1.165) is 11.3 Å². The van der Waals surface area contributed by atoms with Crippen LogP contribution in [0.3, 0.4) is 0 Å². The number of amides is 1. The highest BCUT2D eigenvalue weighted by atomic mass is 32.2. The second kappa shape index (κ2) is 6.86. The van der Waals surface area contributed by atoms with E-state index >= 15 is 0 Å². The van der Waals surface area contributed by atoms with Crippen LogP contribution in [0.4, 0.5) is 16.5 Å². The minimum atomic E-state index is -3.69. The first-order valence-electron chi connectivity index (χ1n) is 7.93. The second-order valence-electron chi connectivity index (χ2n) is 5.67. The van der Waals surface area contributed by atoms with E-state index in [4.69, 9.17) is 0 Å². The summed E-state index contributed by atoms with van der Waals surface area (Å²) < 4.78 is 27.1. The topological polar surface area (TPSA) is 100 Å². The van der Waals surface area contributed by atoms with E-state index in [1.807, 2.05) is 24.3 Å². The third-order valence-corrected chi connectivity index (χ3v) is 6.08. The summed E-state index contributed by atoms with van der Waals surface area (Å²) in [6.07, 6.45) is 3.14. The molecule has 3 aromatic rings. The first kappa shape index (κ1) is 17.3. The van der Waals surface area contributed by atoms with Crippen molar-refractivity contribution in [1.82, 2.24) is 4.98 Å². The van der Waals surface area contributed by atoms with E-state index < -0.39 is 10.0 Å². The van der Waals surface area contributed by atoms with Crippen LogP contribution in [0.25, 0.3) is 5.57 Å². The maximum absolute atomic E-state index is 12.3. The molecule has 0 saturated carbocycles. The number of thiazole rings is 1. The van der Waals surface area contributed by atoms with Crippen molar-refractivity contribution in [1.29, 1.82) is 0 Å². The summed E-state index contributed by atoms with van der Waals surface area (Å²) in [6.45, 7) is 0. The van der Waals surface area contributed by atoms with Gasteiger partial charge in [-0.25, -0.2) is 13.4 Å². The molecule has 0 aliphatic carbocycles. The summed E-state index contributed by atoms with van der Waals surface area (Å²) in [5.74, 6) is -0.185. The number of sulfonamides is 1. The fourth-order valence-electron chi connectivity index (χ4n) is 2.62. The van der Waals surface area contributed by atoms with Gasteiger partial charge in [0, 0.05) is 34.7 Å². The van der Waals surface area contributed by atoms with Gasteiger partial charge in [-0.3, -0.25) is 9.52 Å². The van der Waals surface area contributed by atoms with Crippen molar-refractivity contribution in [2.45, 2.75) is 4.90 Å². The van der Waals surface area contributed by atoms with Crippen LogP contribution in [0.1, 0.15) is 5.56 Å². The zero-order chi connectivity index (χ0) is 18.9. The number of benzene rings is 2. The van der Waals surface area contributed by atoms with Crippen LogP contribution in [0, 0.1) is 0 Å². The first-order chi connectivity index (χ1) is 13.0. The zero-order valence-corrected chi connectivity index (χ0v) is 15.5. The standard InChI is InChI=1S/C18H14N4O3S2/c23-17-15(14-3-1-2-4-16(14)21-17)11-20-12-5-7-13(8-6-12)27(24,25)22-18-19-9-10-26-18/h1-11,20H,(H,19,22)(H,21,23)/b15-11+. The molecule has 0 radical (unpaired) electrons. The monoisotopic (exact) mass is 398 g/mol. The second-order valence-corrected chi connectivity index (χ2v) is 8.25. The van der Waals surface area contributed by atoms with Crippen LogP contribution in [0.5, 0.6) is 0 Å². The molecular weight excluding hydrogens is 384 g/mol. The molecule has 136 valence electrons. The van der Waals surface area contributed by atoms with Gasteiger partial charge in [-0.1, -0.05) is 18.2 Å². The Kier molecular flexibility index (Phi) is 4.38. The van der Waals surface area contributed by atoms with Crippen LogP contribution < -0.4 is 15.4 Å². The van der Waals surface area contributed by atoms with Gasteiger partial charge in [-0.2, -0.15) is 0 Å². The third kappa shape index (κ3) is 3.55. The average Bonchev–Trinajstić information content (AvgIpc) is 3.27. The quantitative estimate of drug-likeness (QED) is 0.572. The van der Waals surface area contributed by atoms with Gasteiger partial charge in [0.15, 0.2) is 5.13 Å². The van der Waals surface area contributed by atoms with Crippen LogP contribution in [-0.2, 0) is 14.8 Å². The Balaban J connectivity index is 1.51. The van der Waals surface area contributed by atoms with Crippen LogP contribution in [-0.4, -0.2) is 19.3 Å². The van der Waals surface area contributed by atoms with Gasteiger partial charge in [-0.05, 0) is 30.3 Å². The van der Waals surface area contributed by atoms with Crippen LogP contribution >= 0.6 is 11.3 Å². The van der Waals surface area contributed by atoms with Crippen molar-refractivity contribution in [3.8, 4) is 0 Å². The normalized spacial score (nSPS) is 14.7. The molecule has 27 heavy (non-hydrogen) atoms. The molecule has 2 heterocycles. The number of carbonyl (C=O) groups is 1. The Bertz CT molecular complexity index is 1120. The molecule has 2 aromatic carbocycles. The van der Waals surface area contributed by atoms with Gasteiger partial charge in [0.1, 0.15) is 0 Å². The lowest BCUT2D eigenvalue weighted by Gasteiger charge is -2.07. The minimum Gasteiger partial charge on any atom is -0.361 e. The number of nitrogens with one attached hydrogen (secondary N) is 3. The molecule has 1 aromatic heterocycles. The third-order valence-electron chi connectivity index (χ3n) is 3.91. The van der Waals surface area contributed by atoms with E-state index in [1.165, 1.54) is 29.7 Å². The highest BCUT2D eigenvalue weighted by Gasteiger charge is 2.23. The Labute approximate surface area is 159 Å². The van der Waals surface area contributed by atoms with Gasteiger partial charge in [-0.15, -0.1) is 11.3 Å². The van der Waals surface area contributed by atoms with Crippen molar-refractivity contribution < 1.29 is 13.2 Å². The molecule has 0 spiro atoms. The van der Waals surface area contributed by atoms with Crippen molar-refractivity contribution in [3.63, 3.8) is 0 Å². The van der Waals surface area contributed by atoms with Crippen LogP contribution in [0.2, 0.25) is 0 Å². The SMILES string of the molecule is O=C1Nc2ccccc2/C1=C\Nc1ccc(S(=O)(=O)Nc2nccs2)cc1. The molecule has 0 unspecified atom stereocenters. The van der Waals surface area contributed by atoms with E-state index in [2.05, 4.69) is 20.3 Å². The molecule has 1 amide bonds. The number of para-hydroxylation sites is 1. The number of aromatic nitrogens is 1. The number of nitrogens with zero attached hydrogens (tertiary/aromatic N) is 1. The molecule has 7 nitrogen and oxygen atoms in total. The van der Waals surface area contributed by atoms with Gasteiger partial charge >= 0.3 is 0 Å². The number of rotatable bonds is 5. The summed E-state index contributed by atoms with van der Waals surface area (Å²) >= 11 is 1.21. The van der Waals surface area contributed by atoms with Crippen LogP contribution in [0.15, 0.2) is 71.2 Å². The largest absolute Gasteiger partial charge is 0.361 e. The van der Waals surface area contributed by atoms with E-state index in [0.29, 0.717) is 16.4 Å². The summed E-state index contributed by atoms with van der Waals surface area (Å²) in [5, 5.41) is 7.83. The maximum Gasteiger partial charge on any atom is 0.263 e.